The number of nitrogens with one attached hydrogen (secondary N) is 1. The molecule has 6 nitrogen and oxygen atoms in total. The van der Waals surface area contributed by atoms with Crippen LogP contribution in [0.4, 0.5) is 4.79 Å². The van der Waals surface area contributed by atoms with Crippen molar-refractivity contribution >= 4 is 12.0 Å². The minimum atomic E-state index is -1.06. The van der Waals surface area contributed by atoms with Gasteiger partial charge in [-0.2, -0.15) is 5.26 Å². The van der Waals surface area contributed by atoms with Gasteiger partial charge in [-0.1, -0.05) is 26.0 Å². The van der Waals surface area contributed by atoms with Crippen LogP contribution in [-0.4, -0.2) is 35.1 Å². The number of carboxylic acid groups (broad SMARTS) is 1. The van der Waals surface area contributed by atoms with Crippen molar-refractivity contribution in [2.75, 3.05) is 7.05 Å². The van der Waals surface area contributed by atoms with Crippen molar-refractivity contribution < 1.29 is 14.7 Å². The van der Waals surface area contributed by atoms with Crippen molar-refractivity contribution in [1.82, 2.24) is 10.2 Å². The summed E-state index contributed by atoms with van der Waals surface area (Å²) in [7, 11) is 1.58. The summed E-state index contributed by atoms with van der Waals surface area (Å²) in [5.74, 6) is -1.26. The number of benzene rings is 1. The van der Waals surface area contributed by atoms with E-state index in [0.717, 1.165) is 5.56 Å². The second-order valence-corrected chi connectivity index (χ2v) is 5.18. The summed E-state index contributed by atoms with van der Waals surface area (Å²) in [6.07, 6.45) is 0. The Balaban J connectivity index is 2.70. The Bertz CT molecular complexity index is 564. The molecule has 2 amide bonds. The Labute approximate surface area is 124 Å². The molecular weight excluding hydrogens is 270 g/mol. The van der Waals surface area contributed by atoms with Crippen LogP contribution in [-0.2, 0) is 11.3 Å². The third-order valence-corrected chi connectivity index (χ3v) is 3.03. The molecule has 0 aliphatic carbocycles. The van der Waals surface area contributed by atoms with E-state index in [-0.39, 0.29) is 5.92 Å². The van der Waals surface area contributed by atoms with Gasteiger partial charge in [-0.15, -0.1) is 0 Å². The van der Waals surface area contributed by atoms with Gasteiger partial charge in [0.25, 0.3) is 0 Å². The molecule has 0 bridgehead atoms. The van der Waals surface area contributed by atoms with Crippen LogP contribution in [0.3, 0.4) is 0 Å². The fourth-order valence-electron chi connectivity index (χ4n) is 1.84. The monoisotopic (exact) mass is 289 g/mol. The fourth-order valence-corrected chi connectivity index (χ4v) is 1.84. The Morgan fingerprint density at radius 3 is 2.62 bits per heavy atom. The molecule has 21 heavy (non-hydrogen) atoms. The Kier molecular flexibility index (Phi) is 5.73. The van der Waals surface area contributed by atoms with Crippen LogP contribution in [0.1, 0.15) is 25.0 Å². The molecule has 0 heterocycles. The number of nitriles is 1. The van der Waals surface area contributed by atoms with Crippen LogP contribution in [0.2, 0.25) is 0 Å². The zero-order valence-corrected chi connectivity index (χ0v) is 12.3. The molecule has 1 aromatic carbocycles. The van der Waals surface area contributed by atoms with E-state index in [1.165, 1.54) is 4.90 Å². The summed E-state index contributed by atoms with van der Waals surface area (Å²) in [4.78, 5) is 24.5. The lowest BCUT2D eigenvalue weighted by atomic mass is 10.1. The van der Waals surface area contributed by atoms with E-state index in [1.54, 1.807) is 39.1 Å². The first kappa shape index (κ1) is 16.5. The summed E-state index contributed by atoms with van der Waals surface area (Å²) in [6.45, 7) is 3.76. The van der Waals surface area contributed by atoms with Crippen molar-refractivity contribution in [3.63, 3.8) is 0 Å². The molecule has 0 saturated heterocycles. The van der Waals surface area contributed by atoms with Crippen molar-refractivity contribution in [2.24, 2.45) is 5.92 Å². The summed E-state index contributed by atoms with van der Waals surface area (Å²) in [5.41, 5.74) is 1.33. The number of urea groups is 1. The Morgan fingerprint density at radius 1 is 1.43 bits per heavy atom. The van der Waals surface area contributed by atoms with E-state index >= 15 is 0 Å². The van der Waals surface area contributed by atoms with Gasteiger partial charge >= 0.3 is 12.0 Å². The minimum absolute atomic E-state index is 0.207. The first-order valence-electron chi connectivity index (χ1n) is 6.58. The minimum Gasteiger partial charge on any atom is -0.480 e. The number of aliphatic carboxylic acids is 1. The predicted molar refractivity (Wildman–Crippen MR) is 77.4 cm³/mol. The van der Waals surface area contributed by atoms with Crippen molar-refractivity contribution in [2.45, 2.75) is 26.4 Å². The zero-order chi connectivity index (χ0) is 16.0. The molecule has 0 aliphatic heterocycles. The molecule has 0 spiro atoms. The van der Waals surface area contributed by atoms with Gasteiger partial charge in [0.05, 0.1) is 11.6 Å². The van der Waals surface area contributed by atoms with Crippen LogP contribution in [0.5, 0.6) is 0 Å². The van der Waals surface area contributed by atoms with Crippen LogP contribution in [0.25, 0.3) is 0 Å². The standard InChI is InChI=1S/C15H19N3O3/c1-10(2)13(14(19)20)17-15(21)18(3)9-12-6-4-5-11(7-12)8-16/h4-7,10,13H,9H2,1-3H3,(H,17,21)(H,19,20)/t13-/m1/s1. The van der Waals surface area contributed by atoms with Crippen LogP contribution in [0.15, 0.2) is 24.3 Å². The predicted octanol–water partition coefficient (Wildman–Crippen LogP) is 1.81. The molecule has 0 saturated carbocycles. The molecule has 0 aliphatic rings. The third-order valence-electron chi connectivity index (χ3n) is 3.03. The largest absolute Gasteiger partial charge is 0.480 e. The van der Waals surface area contributed by atoms with Gasteiger partial charge in [0.2, 0.25) is 0 Å². The SMILES string of the molecule is CC(C)[C@@H](NC(=O)N(C)Cc1cccc(C#N)c1)C(=O)O. The molecular formula is C15H19N3O3. The lowest BCUT2D eigenvalue weighted by molar-refractivity contribution is -0.140. The van der Waals surface area contributed by atoms with Crippen molar-refractivity contribution in [3.05, 3.63) is 35.4 Å². The van der Waals surface area contributed by atoms with Crippen LogP contribution in [0, 0.1) is 17.2 Å². The number of amides is 2. The number of hydrogen-bond donors (Lipinski definition) is 2. The maximum absolute atomic E-state index is 12.0. The van der Waals surface area contributed by atoms with Gasteiger partial charge in [-0.05, 0) is 23.6 Å². The summed E-state index contributed by atoms with van der Waals surface area (Å²) < 4.78 is 0. The smallest absolute Gasteiger partial charge is 0.326 e. The average molecular weight is 289 g/mol. The summed E-state index contributed by atoms with van der Waals surface area (Å²) >= 11 is 0. The highest BCUT2D eigenvalue weighted by atomic mass is 16.4. The number of rotatable bonds is 5. The molecule has 0 unspecified atom stereocenters. The van der Waals surface area contributed by atoms with Crippen molar-refractivity contribution in [3.8, 4) is 6.07 Å². The molecule has 1 aromatic rings. The zero-order valence-electron chi connectivity index (χ0n) is 12.3. The first-order valence-corrected chi connectivity index (χ1v) is 6.58. The van der Waals surface area contributed by atoms with E-state index in [9.17, 15) is 9.59 Å². The highest BCUT2D eigenvalue weighted by Gasteiger charge is 2.24. The number of carbonyl (C=O) groups is 2. The molecule has 112 valence electrons. The number of carbonyl (C=O) groups excluding carboxylic acids is 1. The van der Waals surface area contributed by atoms with E-state index in [2.05, 4.69) is 5.32 Å². The first-order chi connectivity index (χ1) is 9.85. The van der Waals surface area contributed by atoms with Gasteiger partial charge in [-0.3, -0.25) is 0 Å². The Hall–Kier alpha value is -2.55. The molecule has 0 radical (unpaired) electrons. The maximum atomic E-state index is 12.0. The highest BCUT2D eigenvalue weighted by molar-refractivity contribution is 5.82. The van der Waals surface area contributed by atoms with Gasteiger partial charge < -0.3 is 15.3 Å². The second-order valence-electron chi connectivity index (χ2n) is 5.18. The Morgan fingerprint density at radius 2 is 2.10 bits per heavy atom. The quantitative estimate of drug-likeness (QED) is 0.864. The lowest BCUT2D eigenvalue weighted by Gasteiger charge is -2.23. The normalized spacial score (nSPS) is 11.6. The van der Waals surface area contributed by atoms with Gasteiger partial charge in [0.1, 0.15) is 6.04 Å². The molecule has 0 aromatic heterocycles. The molecule has 6 heteroatoms. The van der Waals surface area contributed by atoms with Gasteiger partial charge in [0, 0.05) is 13.6 Å². The van der Waals surface area contributed by atoms with E-state index in [1.807, 2.05) is 12.1 Å². The van der Waals surface area contributed by atoms with Crippen LogP contribution < -0.4 is 5.32 Å². The third kappa shape index (κ3) is 4.80. The van der Waals surface area contributed by atoms with Gasteiger partial charge in [0.15, 0.2) is 0 Å². The topological polar surface area (TPSA) is 93.4 Å². The van der Waals surface area contributed by atoms with E-state index in [0.29, 0.717) is 12.1 Å². The number of nitrogens with zero attached hydrogens (tertiary/aromatic N) is 2. The summed E-state index contributed by atoms with van der Waals surface area (Å²) in [5, 5.41) is 20.4. The molecule has 1 rings (SSSR count). The van der Waals surface area contributed by atoms with Gasteiger partial charge in [-0.25, -0.2) is 9.59 Å². The molecule has 2 N–H and O–H groups in total. The summed E-state index contributed by atoms with van der Waals surface area (Å²) in [6, 6.07) is 7.58. The lowest BCUT2D eigenvalue weighted by Crippen LogP contribution is -2.48. The van der Waals surface area contributed by atoms with E-state index < -0.39 is 18.0 Å². The molecule has 0 fully saturated rings. The highest BCUT2D eigenvalue weighted by Crippen LogP contribution is 2.08. The van der Waals surface area contributed by atoms with Crippen LogP contribution >= 0.6 is 0 Å². The number of carboxylic acids is 1. The number of hydrogen-bond acceptors (Lipinski definition) is 3. The van der Waals surface area contributed by atoms with Crippen molar-refractivity contribution in [1.29, 1.82) is 5.26 Å². The fraction of sp³-hybridized carbons (Fsp3) is 0.400. The average Bonchev–Trinajstić information content (AvgIpc) is 2.43. The second kappa shape index (κ2) is 7.29. The molecule has 1 atom stereocenters. The maximum Gasteiger partial charge on any atom is 0.326 e. The van der Waals surface area contributed by atoms with E-state index in [4.69, 9.17) is 10.4 Å².